The van der Waals surface area contributed by atoms with Crippen molar-refractivity contribution < 1.29 is 14.7 Å². The van der Waals surface area contributed by atoms with Crippen LogP contribution in [0.25, 0.3) is 0 Å². The first kappa shape index (κ1) is 13.8. The van der Waals surface area contributed by atoms with Gasteiger partial charge in [0.2, 0.25) is 0 Å². The van der Waals surface area contributed by atoms with Crippen molar-refractivity contribution in [3.63, 3.8) is 0 Å². The van der Waals surface area contributed by atoms with Crippen molar-refractivity contribution in [2.75, 3.05) is 6.54 Å². The lowest BCUT2D eigenvalue weighted by Crippen LogP contribution is -2.30. The highest BCUT2D eigenvalue weighted by molar-refractivity contribution is 6.04. The lowest BCUT2D eigenvalue weighted by molar-refractivity contribution is -0.255. The topological polar surface area (TPSA) is 87.0 Å². The van der Waals surface area contributed by atoms with Gasteiger partial charge in [-0.1, -0.05) is 18.2 Å². The number of nitrogens with zero attached hydrogens (tertiary/aromatic N) is 2. The van der Waals surface area contributed by atoms with Gasteiger partial charge >= 0.3 is 0 Å². The van der Waals surface area contributed by atoms with E-state index in [2.05, 4.69) is 10.3 Å². The van der Waals surface area contributed by atoms with E-state index in [4.69, 9.17) is 0 Å². The van der Waals surface area contributed by atoms with Crippen LogP contribution in [-0.2, 0) is 6.54 Å². The number of aromatic nitrogens is 2. The predicted octanol–water partition coefficient (Wildman–Crippen LogP) is 0.0667. The Morgan fingerprint density at radius 1 is 1.25 bits per heavy atom. The fourth-order valence-corrected chi connectivity index (χ4v) is 1.84. The summed E-state index contributed by atoms with van der Waals surface area (Å²) in [6, 6.07) is 6.00. The molecule has 0 spiro atoms. The molecule has 2 rings (SSSR count). The monoisotopic (exact) mass is 272 g/mol. The molecular formula is C14H14N3O3-. The predicted molar refractivity (Wildman–Crippen MR) is 69.9 cm³/mol. The maximum atomic E-state index is 11.9. The zero-order valence-electron chi connectivity index (χ0n) is 10.8. The van der Waals surface area contributed by atoms with Crippen molar-refractivity contribution in [2.24, 2.45) is 0 Å². The summed E-state index contributed by atoms with van der Waals surface area (Å²) >= 11 is 0. The third kappa shape index (κ3) is 3.44. The zero-order chi connectivity index (χ0) is 14.4. The first-order valence-corrected chi connectivity index (χ1v) is 6.23. The van der Waals surface area contributed by atoms with Crippen LogP contribution < -0.4 is 10.4 Å². The van der Waals surface area contributed by atoms with E-state index in [-0.39, 0.29) is 11.1 Å². The molecule has 0 aliphatic heterocycles. The Morgan fingerprint density at radius 2 is 2.00 bits per heavy atom. The van der Waals surface area contributed by atoms with Gasteiger partial charge in [-0.15, -0.1) is 0 Å². The Morgan fingerprint density at radius 3 is 2.65 bits per heavy atom. The maximum Gasteiger partial charge on any atom is 0.251 e. The normalized spacial score (nSPS) is 10.2. The van der Waals surface area contributed by atoms with E-state index >= 15 is 0 Å². The number of aromatic carboxylic acids is 1. The van der Waals surface area contributed by atoms with Crippen molar-refractivity contribution >= 4 is 11.9 Å². The largest absolute Gasteiger partial charge is 0.545 e. The van der Waals surface area contributed by atoms with E-state index in [1.807, 2.05) is 10.8 Å². The van der Waals surface area contributed by atoms with Gasteiger partial charge in [-0.25, -0.2) is 4.98 Å². The number of carboxylic acids is 1. The fourth-order valence-electron chi connectivity index (χ4n) is 1.84. The highest BCUT2D eigenvalue weighted by atomic mass is 16.4. The van der Waals surface area contributed by atoms with Gasteiger partial charge in [0.15, 0.2) is 0 Å². The number of carbonyl (C=O) groups excluding carboxylic acids is 2. The van der Waals surface area contributed by atoms with Crippen LogP contribution in [0.1, 0.15) is 27.1 Å². The van der Waals surface area contributed by atoms with Crippen molar-refractivity contribution in [3.05, 3.63) is 54.1 Å². The molecular weight excluding hydrogens is 258 g/mol. The molecule has 0 aliphatic carbocycles. The van der Waals surface area contributed by atoms with E-state index in [1.54, 1.807) is 24.7 Å². The van der Waals surface area contributed by atoms with Crippen LogP contribution in [0.4, 0.5) is 0 Å². The van der Waals surface area contributed by atoms with Crippen LogP contribution in [0.15, 0.2) is 43.0 Å². The minimum absolute atomic E-state index is 0.0976. The molecule has 1 aromatic heterocycles. The Hall–Kier alpha value is -2.63. The third-order valence-corrected chi connectivity index (χ3v) is 2.83. The molecule has 6 heteroatoms. The first-order chi connectivity index (χ1) is 9.68. The van der Waals surface area contributed by atoms with Gasteiger partial charge in [-0.3, -0.25) is 4.79 Å². The molecule has 1 amide bonds. The molecule has 0 saturated carbocycles. The number of imidazole rings is 1. The number of carboxylic acid groups (broad SMARTS) is 1. The quantitative estimate of drug-likeness (QED) is 0.754. The summed E-state index contributed by atoms with van der Waals surface area (Å²) in [5.41, 5.74) is 0.0229. The zero-order valence-corrected chi connectivity index (χ0v) is 10.8. The Kier molecular flexibility index (Phi) is 4.49. The highest BCUT2D eigenvalue weighted by Gasteiger charge is 2.10. The molecule has 0 radical (unpaired) electrons. The fraction of sp³-hybridized carbons (Fsp3) is 0.214. The first-order valence-electron chi connectivity index (χ1n) is 6.23. The van der Waals surface area contributed by atoms with E-state index in [9.17, 15) is 14.7 Å². The summed E-state index contributed by atoms with van der Waals surface area (Å²) < 4.78 is 1.90. The second-order valence-corrected chi connectivity index (χ2v) is 4.24. The highest BCUT2D eigenvalue weighted by Crippen LogP contribution is 2.07. The van der Waals surface area contributed by atoms with Crippen molar-refractivity contribution in [3.8, 4) is 0 Å². The summed E-state index contributed by atoms with van der Waals surface area (Å²) in [6.45, 7) is 1.20. The van der Waals surface area contributed by atoms with Crippen molar-refractivity contribution in [1.82, 2.24) is 14.9 Å². The molecule has 1 aromatic carbocycles. The van der Waals surface area contributed by atoms with Gasteiger partial charge in [-0.05, 0) is 12.5 Å². The number of hydrogen-bond donors (Lipinski definition) is 1. The minimum atomic E-state index is -1.35. The average molecular weight is 272 g/mol. The molecule has 0 atom stereocenters. The van der Waals surface area contributed by atoms with Crippen LogP contribution in [-0.4, -0.2) is 28.0 Å². The number of carbonyl (C=O) groups is 2. The lowest BCUT2D eigenvalue weighted by Gasteiger charge is -2.10. The third-order valence-electron chi connectivity index (χ3n) is 2.83. The average Bonchev–Trinajstić information content (AvgIpc) is 2.96. The van der Waals surface area contributed by atoms with E-state index in [0.717, 1.165) is 13.0 Å². The molecule has 104 valence electrons. The summed E-state index contributed by atoms with van der Waals surface area (Å²) in [7, 11) is 0. The standard InChI is InChI=1S/C14H15N3O3/c18-13(11-4-1-2-5-12(11)14(19)20)16-6-3-8-17-9-7-15-10-17/h1-2,4-5,7,9-10H,3,6,8H2,(H,16,18)(H,19,20)/p-1. The minimum Gasteiger partial charge on any atom is -0.545 e. The molecule has 6 nitrogen and oxygen atoms in total. The SMILES string of the molecule is O=C([O-])c1ccccc1C(=O)NCCCn1ccnc1. The van der Waals surface area contributed by atoms with Gasteiger partial charge < -0.3 is 19.8 Å². The van der Waals surface area contributed by atoms with Crippen LogP contribution in [0, 0.1) is 0 Å². The number of rotatable bonds is 6. The van der Waals surface area contributed by atoms with Gasteiger partial charge in [0.05, 0.1) is 12.3 Å². The van der Waals surface area contributed by atoms with Crippen LogP contribution >= 0.6 is 0 Å². The number of aryl methyl sites for hydroxylation is 1. The van der Waals surface area contributed by atoms with Crippen LogP contribution in [0.3, 0.4) is 0 Å². The van der Waals surface area contributed by atoms with Crippen molar-refractivity contribution in [2.45, 2.75) is 13.0 Å². The van der Waals surface area contributed by atoms with Gasteiger partial charge in [-0.2, -0.15) is 0 Å². The molecule has 1 heterocycles. The summed E-state index contributed by atoms with van der Waals surface area (Å²) in [4.78, 5) is 26.7. The Balaban J connectivity index is 1.87. The molecule has 0 fully saturated rings. The Labute approximate surface area is 116 Å². The molecule has 0 aliphatic rings. The second-order valence-electron chi connectivity index (χ2n) is 4.24. The molecule has 1 N–H and O–H groups in total. The van der Waals surface area contributed by atoms with Gasteiger partial charge in [0, 0.05) is 36.6 Å². The van der Waals surface area contributed by atoms with E-state index < -0.39 is 11.9 Å². The number of nitrogens with one attached hydrogen (secondary N) is 1. The number of benzene rings is 1. The molecule has 0 bridgehead atoms. The number of amides is 1. The molecule has 2 aromatic rings. The maximum absolute atomic E-state index is 11.9. The Bertz CT molecular complexity index is 593. The van der Waals surface area contributed by atoms with Crippen LogP contribution in [0.2, 0.25) is 0 Å². The lowest BCUT2D eigenvalue weighted by atomic mass is 10.1. The van der Waals surface area contributed by atoms with Crippen molar-refractivity contribution in [1.29, 1.82) is 0 Å². The van der Waals surface area contributed by atoms with E-state index in [1.165, 1.54) is 12.1 Å². The second kappa shape index (κ2) is 6.51. The van der Waals surface area contributed by atoms with E-state index in [0.29, 0.717) is 6.54 Å². The summed E-state index contributed by atoms with van der Waals surface area (Å²) in [5, 5.41) is 13.6. The number of hydrogen-bond acceptors (Lipinski definition) is 4. The molecule has 0 unspecified atom stereocenters. The smallest absolute Gasteiger partial charge is 0.251 e. The van der Waals surface area contributed by atoms with Gasteiger partial charge in [0.1, 0.15) is 0 Å². The molecule has 0 saturated heterocycles. The molecule has 20 heavy (non-hydrogen) atoms. The summed E-state index contributed by atoms with van der Waals surface area (Å²) in [6.07, 6.45) is 5.96. The van der Waals surface area contributed by atoms with Gasteiger partial charge in [0.25, 0.3) is 5.91 Å². The summed E-state index contributed by atoms with van der Waals surface area (Å²) in [5.74, 6) is -1.76. The van der Waals surface area contributed by atoms with Crippen LogP contribution in [0.5, 0.6) is 0 Å².